The van der Waals surface area contributed by atoms with Crippen molar-refractivity contribution in [3.8, 4) is 0 Å². The highest BCUT2D eigenvalue weighted by atomic mass is 16.6. The van der Waals surface area contributed by atoms with E-state index in [1.54, 1.807) is 0 Å². The molecule has 1 heterocycles. The first-order valence-electron chi connectivity index (χ1n) is 5.90. The van der Waals surface area contributed by atoms with E-state index in [9.17, 15) is 0 Å². The van der Waals surface area contributed by atoms with Crippen LogP contribution in [0.15, 0.2) is 24.3 Å². The van der Waals surface area contributed by atoms with Gasteiger partial charge in [-0.15, -0.1) is 0 Å². The maximum Gasteiger partial charge on any atom is 0.106 e. The molecule has 0 N–H and O–H groups in total. The molecular formula is C13H22O2. The lowest BCUT2D eigenvalue weighted by Gasteiger charge is -2.33. The van der Waals surface area contributed by atoms with Gasteiger partial charge in [-0.2, -0.15) is 0 Å². The van der Waals surface area contributed by atoms with Crippen molar-refractivity contribution >= 4 is 0 Å². The lowest BCUT2D eigenvalue weighted by atomic mass is 10.1. The van der Waals surface area contributed by atoms with Crippen LogP contribution in [0, 0.1) is 0 Å². The highest BCUT2D eigenvalue weighted by Crippen LogP contribution is 2.19. The molecule has 2 nitrogen and oxygen atoms in total. The van der Waals surface area contributed by atoms with Gasteiger partial charge in [-0.3, -0.25) is 0 Å². The summed E-state index contributed by atoms with van der Waals surface area (Å²) in [4.78, 5) is 0. The van der Waals surface area contributed by atoms with Crippen LogP contribution in [0.3, 0.4) is 0 Å². The average molecular weight is 210 g/mol. The minimum absolute atomic E-state index is 0.142. The molecule has 3 unspecified atom stereocenters. The maximum absolute atomic E-state index is 5.63. The molecule has 1 aliphatic heterocycles. The zero-order valence-electron chi connectivity index (χ0n) is 9.98. The Morgan fingerprint density at radius 2 is 1.67 bits per heavy atom. The van der Waals surface area contributed by atoms with Crippen molar-refractivity contribution in [2.24, 2.45) is 0 Å². The van der Waals surface area contributed by atoms with E-state index in [4.69, 9.17) is 9.47 Å². The molecule has 15 heavy (non-hydrogen) atoms. The van der Waals surface area contributed by atoms with Crippen LogP contribution < -0.4 is 0 Å². The van der Waals surface area contributed by atoms with Gasteiger partial charge in [0.1, 0.15) is 12.2 Å². The molecule has 0 radical (unpaired) electrons. The highest BCUT2D eigenvalue weighted by molar-refractivity contribution is 5.17. The van der Waals surface area contributed by atoms with Gasteiger partial charge in [-0.05, 0) is 6.92 Å². The molecule has 2 heteroatoms. The van der Waals surface area contributed by atoms with E-state index in [1.807, 2.05) is 31.2 Å². The third-order valence-electron chi connectivity index (χ3n) is 2.45. The molecule has 0 amide bonds. The predicted molar refractivity (Wildman–Crippen MR) is 62.9 cm³/mol. The molecule has 1 aliphatic carbocycles. The van der Waals surface area contributed by atoms with Gasteiger partial charge < -0.3 is 9.47 Å². The van der Waals surface area contributed by atoms with Crippen LogP contribution in [0.2, 0.25) is 0 Å². The average Bonchev–Trinajstić information content (AvgIpc) is 2.29. The molecule has 0 aromatic rings. The Hall–Kier alpha value is -0.600. The summed E-state index contributed by atoms with van der Waals surface area (Å²) in [6.07, 6.45) is 11.2. The minimum atomic E-state index is 0.142. The summed E-state index contributed by atoms with van der Waals surface area (Å²) in [5, 5.41) is 0. The third kappa shape index (κ3) is 4.18. The minimum Gasteiger partial charge on any atom is -0.368 e. The van der Waals surface area contributed by atoms with Gasteiger partial charge in [-0.25, -0.2) is 0 Å². The predicted octanol–water partition coefficient (Wildman–Crippen LogP) is 3.09. The summed E-state index contributed by atoms with van der Waals surface area (Å²) < 4.78 is 11.2. The molecule has 1 fully saturated rings. The van der Waals surface area contributed by atoms with Crippen LogP contribution in [0.5, 0.6) is 0 Å². The molecule has 0 spiro atoms. The van der Waals surface area contributed by atoms with Crippen molar-refractivity contribution in [3.63, 3.8) is 0 Å². The second-order valence-corrected chi connectivity index (χ2v) is 3.98. The summed E-state index contributed by atoms with van der Waals surface area (Å²) in [5.41, 5.74) is 0. The van der Waals surface area contributed by atoms with Crippen LogP contribution in [-0.2, 0) is 9.47 Å². The van der Waals surface area contributed by atoms with Crippen molar-refractivity contribution in [3.05, 3.63) is 24.3 Å². The first-order valence-corrected chi connectivity index (χ1v) is 5.90. The Kier molecular flexibility index (Phi) is 5.66. The number of allylic oxidation sites excluding steroid dienone is 2. The number of fused-ring (bicyclic) bond motifs is 1. The van der Waals surface area contributed by atoms with Gasteiger partial charge in [0, 0.05) is 0 Å². The lowest BCUT2D eigenvalue weighted by Crippen LogP contribution is -2.40. The maximum atomic E-state index is 5.63. The molecule has 2 rings (SSSR count). The molecular weight excluding hydrogens is 188 g/mol. The summed E-state index contributed by atoms with van der Waals surface area (Å²) >= 11 is 0. The van der Waals surface area contributed by atoms with E-state index >= 15 is 0 Å². The fraction of sp³-hybridized carbons (Fsp3) is 0.692. The van der Waals surface area contributed by atoms with Crippen LogP contribution in [0.1, 0.15) is 33.6 Å². The lowest BCUT2D eigenvalue weighted by molar-refractivity contribution is -0.141. The van der Waals surface area contributed by atoms with E-state index < -0.39 is 0 Å². The first-order chi connectivity index (χ1) is 7.27. The van der Waals surface area contributed by atoms with E-state index in [-0.39, 0.29) is 18.3 Å². The zero-order valence-corrected chi connectivity index (χ0v) is 9.98. The van der Waals surface area contributed by atoms with E-state index in [1.165, 1.54) is 12.8 Å². The second-order valence-electron chi connectivity index (χ2n) is 3.98. The number of hydrogen-bond acceptors (Lipinski definition) is 2. The Morgan fingerprint density at radius 1 is 1.07 bits per heavy atom. The van der Waals surface area contributed by atoms with Gasteiger partial charge in [0.2, 0.25) is 0 Å². The number of rotatable bonds is 1. The Morgan fingerprint density at radius 3 is 2.27 bits per heavy atom. The molecule has 1 saturated heterocycles. The van der Waals surface area contributed by atoms with Gasteiger partial charge >= 0.3 is 0 Å². The molecule has 0 aromatic heterocycles. The summed E-state index contributed by atoms with van der Waals surface area (Å²) in [6, 6.07) is 0. The van der Waals surface area contributed by atoms with Crippen molar-refractivity contribution in [2.45, 2.75) is 51.9 Å². The first kappa shape index (κ1) is 12.5. The molecule has 2 aliphatic rings. The third-order valence-corrected chi connectivity index (χ3v) is 2.45. The highest BCUT2D eigenvalue weighted by Gasteiger charge is 2.27. The fourth-order valence-corrected chi connectivity index (χ4v) is 1.39. The summed E-state index contributed by atoms with van der Waals surface area (Å²) in [5.74, 6) is 0. The number of unbranched alkanes of at least 4 members (excludes halogenated alkanes) is 1. The Balaban J connectivity index is 0.000000245. The number of ether oxygens (including phenoxy) is 2. The molecule has 3 atom stereocenters. The van der Waals surface area contributed by atoms with E-state index in [0.29, 0.717) is 6.61 Å². The van der Waals surface area contributed by atoms with Crippen molar-refractivity contribution in [1.82, 2.24) is 0 Å². The van der Waals surface area contributed by atoms with Gasteiger partial charge in [0.15, 0.2) is 0 Å². The molecule has 0 aromatic carbocycles. The Labute approximate surface area is 93.0 Å². The van der Waals surface area contributed by atoms with Crippen LogP contribution in [0.4, 0.5) is 0 Å². The molecule has 0 bridgehead atoms. The van der Waals surface area contributed by atoms with Crippen LogP contribution >= 0.6 is 0 Å². The zero-order chi connectivity index (χ0) is 11.1. The number of hydrogen-bond donors (Lipinski definition) is 0. The second kappa shape index (κ2) is 6.81. The van der Waals surface area contributed by atoms with Crippen LogP contribution in [0.25, 0.3) is 0 Å². The monoisotopic (exact) mass is 210 g/mol. The van der Waals surface area contributed by atoms with E-state index in [2.05, 4.69) is 13.8 Å². The molecule has 0 saturated carbocycles. The SMILES string of the molecule is CC1COC2C=CC=CC2O1.CCCC. The summed E-state index contributed by atoms with van der Waals surface area (Å²) in [7, 11) is 0. The molecule has 86 valence electrons. The quantitative estimate of drug-likeness (QED) is 0.662. The normalized spacial score (nSPS) is 32.9. The summed E-state index contributed by atoms with van der Waals surface area (Å²) in [6.45, 7) is 7.10. The van der Waals surface area contributed by atoms with Gasteiger partial charge in [-0.1, -0.05) is 51.0 Å². The van der Waals surface area contributed by atoms with E-state index in [0.717, 1.165) is 0 Å². The van der Waals surface area contributed by atoms with Gasteiger partial charge in [0.05, 0.1) is 12.7 Å². The van der Waals surface area contributed by atoms with Crippen LogP contribution in [-0.4, -0.2) is 24.9 Å². The topological polar surface area (TPSA) is 18.5 Å². The smallest absolute Gasteiger partial charge is 0.106 e. The van der Waals surface area contributed by atoms with Gasteiger partial charge in [0.25, 0.3) is 0 Å². The van der Waals surface area contributed by atoms with Crippen molar-refractivity contribution in [2.75, 3.05) is 6.61 Å². The fourth-order valence-electron chi connectivity index (χ4n) is 1.39. The Bertz CT molecular complexity index is 219. The largest absolute Gasteiger partial charge is 0.368 e. The van der Waals surface area contributed by atoms with Crippen molar-refractivity contribution < 1.29 is 9.47 Å². The standard InChI is InChI=1S/C9H12O2.C4H10/c1-7-6-10-8-4-2-3-5-9(8)11-7;1-3-4-2/h2-5,7-9H,6H2,1H3;3-4H2,1-2H3. The van der Waals surface area contributed by atoms with Crippen molar-refractivity contribution in [1.29, 1.82) is 0 Å².